The molecule has 1 aliphatic rings. The molecule has 0 spiro atoms. The lowest BCUT2D eigenvalue weighted by atomic mass is 10.0. The second-order valence-electron chi connectivity index (χ2n) is 4.86. The van der Waals surface area contributed by atoms with Crippen LogP contribution < -0.4 is 0 Å². The van der Waals surface area contributed by atoms with Gasteiger partial charge in [0.2, 0.25) is 0 Å². The molecular formula is C15H22OS2. The van der Waals surface area contributed by atoms with E-state index in [1.165, 1.54) is 17.1 Å². The molecule has 0 amide bonds. The molecule has 0 saturated carbocycles. The summed E-state index contributed by atoms with van der Waals surface area (Å²) in [5.74, 6) is 2.43. The van der Waals surface area contributed by atoms with Crippen molar-refractivity contribution in [2.24, 2.45) is 0 Å². The van der Waals surface area contributed by atoms with Crippen LogP contribution in [0.1, 0.15) is 25.3 Å². The van der Waals surface area contributed by atoms with Gasteiger partial charge in [0.1, 0.15) is 0 Å². The van der Waals surface area contributed by atoms with Crippen LogP contribution in [0, 0.1) is 0 Å². The Balaban J connectivity index is 1.72. The fourth-order valence-corrected chi connectivity index (χ4v) is 5.28. The first-order chi connectivity index (χ1) is 8.77. The number of benzene rings is 1. The van der Waals surface area contributed by atoms with E-state index in [0.717, 1.165) is 19.3 Å². The van der Waals surface area contributed by atoms with Gasteiger partial charge in [-0.2, -0.15) is 23.5 Å². The van der Waals surface area contributed by atoms with E-state index in [9.17, 15) is 5.11 Å². The molecule has 1 N–H and O–H groups in total. The highest BCUT2D eigenvalue weighted by Gasteiger charge is 2.28. The molecule has 1 aromatic carbocycles. The van der Waals surface area contributed by atoms with E-state index in [1.807, 2.05) is 23.5 Å². The predicted octanol–water partition coefficient (Wildman–Crippen LogP) is 3.61. The van der Waals surface area contributed by atoms with Crippen molar-refractivity contribution in [2.45, 2.75) is 42.8 Å². The first-order valence-electron chi connectivity index (χ1n) is 6.72. The number of aliphatic hydroxyl groups excluding tert-OH is 1. The van der Waals surface area contributed by atoms with Crippen LogP contribution in [-0.2, 0) is 6.42 Å². The molecule has 0 aliphatic carbocycles. The molecule has 1 nitrogen and oxygen atoms in total. The summed E-state index contributed by atoms with van der Waals surface area (Å²) < 4.78 is 0. The maximum atomic E-state index is 10.3. The van der Waals surface area contributed by atoms with Crippen LogP contribution >= 0.6 is 23.5 Å². The highest BCUT2D eigenvalue weighted by atomic mass is 32.2. The fraction of sp³-hybridized carbons (Fsp3) is 0.600. The van der Waals surface area contributed by atoms with Crippen molar-refractivity contribution >= 4 is 23.5 Å². The van der Waals surface area contributed by atoms with E-state index in [4.69, 9.17) is 0 Å². The minimum atomic E-state index is -0.137. The Morgan fingerprint density at radius 3 is 2.67 bits per heavy atom. The average Bonchev–Trinajstić information content (AvgIpc) is 2.40. The highest BCUT2D eigenvalue weighted by molar-refractivity contribution is 8.07. The molecule has 3 unspecified atom stereocenters. The average molecular weight is 282 g/mol. The summed E-state index contributed by atoms with van der Waals surface area (Å²) in [6.07, 6.45) is 2.95. The van der Waals surface area contributed by atoms with Gasteiger partial charge in [0.05, 0.1) is 6.10 Å². The van der Waals surface area contributed by atoms with E-state index in [-0.39, 0.29) is 6.10 Å². The molecule has 1 fully saturated rings. The van der Waals surface area contributed by atoms with Crippen molar-refractivity contribution < 1.29 is 5.11 Å². The topological polar surface area (TPSA) is 20.2 Å². The largest absolute Gasteiger partial charge is 0.392 e. The fourth-order valence-electron chi connectivity index (χ4n) is 2.40. The Labute approximate surface area is 119 Å². The van der Waals surface area contributed by atoms with Crippen LogP contribution in [0.5, 0.6) is 0 Å². The standard InChI is InChI=1S/C15H22OS2/c1-12-15(18-11-10-17-12)14(16)9-5-8-13-6-3-2-4-7-13/h2-4,6-7,12,14-16H,5,8-11H2,1H3. The van der Waals surface area contributed by atoms with Crippen LogP contribution in [-0.4, -0.2) is 33.2 Å². The molecule has 1 heterocycles. The number of aliphatic hydroxyl groups is 1. The minimum Gasteiger partial charge on any atom is -0.392 e. The number of hydrogen-bond donors (Lipinski definition) is 1. The SMILES string of the molecule is CC1SCCSC1C(O)CCCc1ccccc1. The summed E-state index contributed by atoms with van der Waals surface area (Å²) in [6.45, 7) is 2.25. The summed E-state index contributed by atoms with van der Waals surface area (Å²) in [4.78, 5) is 0. The van der Waals surface area contributed by atoms with Crippen molar-refractivity contribution in [2.75, 3.05) is 11.5 Å². The quantitative estimate of drug-likeness (QED) is 0.891. The van der Waals surface area contributed by atoms with Gasteiger partial charge in [-0.1, -0.05) is 37.3 Å². The van der Waals surface area contributed by atoms with Crippen molar-refractivity contribution in [1.82, 2.24) is 0 Å². The van der Waals surface area contributed by atoms with Crippen LogP contribution in [0.25, 0.3) is 0 Å². The molecule has 3 atom stereocenters. The van der Waals surface area contributed by atoms with Crippen molar-refractivity contribution in [1.29, 1.82) is 0 Å². The van der Waals surface area contributed by atoms with Gasteiger partial charge in [-0.3, -0.25) is 0 Å². The lowest BCUT2D eigenvalue weighted by Crippen LogP contribution is -2.34. The second kappa shape index (κ2) is 7.46. The second-order valence-corrected chi connectivity index (χ2v) is 7.63. The lowest BCUT2D eigenvalue weighted by Gasteiger charge is -2.31. The summed E-state index contributed by atoms with van der Waals surface area (Å²) in [7, 11) is 0. The van der Waals surface area contributed by atoms with Gasteiger partial charge in [0, 0.05) is 22.0 Å². The van der Waals surface area contributed by atoms with E-state index >= 15 is 0 Å². The Kier molecular flexibility index (Phi) is 5.93. The van der Waals surface area contributed by atoms with Gasteiger partial charge in [-0.05, 0) is 24.8 Å². The van der Waals surface area contributed by atoms with Gasteiger partial charge in [-0.25, -0.2) is 0 Å². The van der Waals surface area contributed by atoms with Crippen LogP contribution in [0.2, 0.25) is 0 Å². The number of rotatable bonds is 5. The normalized spacial score (nSPS) is 25.9. The van der Waals surface area contributed by atoms with Crippen molar-refractivity contribution in [3.8, 4) is 0 Å². The Hall–Kier alpha value is -0.120. The Morgan fingerprint density at radius 2 is 1.94 bits per heavy atom. The predicted molar refractivity (Wildman–Crippen MR) is 83.6 cm³/mol. The molecule has 18 heavy (non-hydrogen) atoms. The molecule has 0 aromatic heterocycles. The minimum absolute atomic E-state index is 0.137. The third-order valence-corrected chi connectivity index (χ3v) is 6.66. The third-order valence-electron chi connectivity index (χ3n) is 3.42. The molecule has 2 rings (SSSR count). The zero-order valence-electron chi connectivity index (χ0n) is 10.9. The molecule has 1 saturated heterocycles. The number of hydrogen-bond acceptors (Lipinski definition) is 3. The summed E-state index contributed by atoms with van der Waals surface area (Å²) in [5, 5.41) is 11.3. The van der Waals surface area contributed by atoms with Crippen LogP contribution in [0.15, 0.2) is 30.3 Å². The van der Waals surface area contributed by atoms with Gasteiger partial charge >= 0.3 is 0 Å². The molecule has 3 heteroatoms. The summed E-state index contributed by atoms with van der Waals surface area (Å²) in [6, 6.07) is 10.6. The molecule has 0 radical (unpaired) electrons. The first kappa shape index (κ1) is 14.3. The van der Waals surface area contributed by atoms with E-state index in [0.29, 0.717) is 10.5 Å². The number of aryl methyl sites for hydroxylation is 1. The molecule has 1 aliphatic heterocycles. The summed E-state index contributed by atoms with van der Waals surface area (Å²) >= 11 is 3.96. The lowest BCUT2D eigenvalue weighted by molar-refractivity contribution is 0.158. The number of thioether (sulfide) groups is 2. The van der Waals surface area contributed by atoms with Gasteiger partial charge in [0.15, 0.2) is 0 Å². The van der Waals surface area contributed by atoms with E-state index in [2.05, 4.69) is 37.3 Å². The molecule has 100 valence electrons. The first-order valence-corrected chi connectivity index (χ1v) is 8.82. The maximum Gasteiger partial charge on any atom is 0.0669 e. The smallest absolute Gasteiger partial charge is 0.0669 e. The van der Waals surface area contributed by atoms with Gasteiger partial charge < -0.3 is 5.11 Å². The molecular weight excluding hydrogens is 260 g/mol. The van der Waals surface area contributed by atoms with Crippen molar-refractivity contribution in [3.05, 3.63) is 35.9 Å². The third kappa shape index (κ3) is 4.22. The Morgan fingerprint density at radius 1 is 1.22 bits per heavy atom. The monoisotopic (exact) mass is 282 g/mol. The molecule has 1 aromatic rings. The van der Waals surface area contributed by atoms with E-state index < -0.39 is 0 Å². The summed E-state index contributed by atoms with van der Waals surface area (Å²) in [5.41, 5.74) is 1.38. The van der Waals surface area contributed by atoms with Crippen molar-refractivity contribution in [3.63, 3.8) is 0 Å². The zero-order chi connectivity index (χ0) is 12.8. The van der Waals surface area contributed by atoms with Crippen LogP contribution in [0.3, 0.4) is 0 Å². The highest BCUT2D eigenvalue weighted by Crippen LogP contribution is 2.34. The molecule has 0 bridgehead atoms. The Bertz CT molecular complexity index is 342. The maximum absolute atomic E-state index is 10.3. The van der Waals surface area contributed by atoms with Gasteiger partial charge in [-0.15, -0.1) is 0 Å². The zero-order valence-corrected chi connectivity index (χ0v) is 12.6. The van der Waals surface area contributed by atoms with Gasteiger partial charge in [0.25, 0.3) is 0 Å². The van der Waals surface area contributed by atoms with Crippen LogP contribution in [0.4, 0.5) is 0 Å². The van der Waals surface area contributed by atoms with E-state index in [1.54, 1.807) is 0 Å².